The molecule has 2 aromatic rings. The van der Waals surface area contributed by atoms with Crippen molar-refractivity contribution in [2.45, 2.75) is 26.2 Å². The van der Waals surface area contributed by atoms with Crippen LogP contribution < -0.4 is 0 Å². The first-order valence-electron chi connectivity index (χ1n) is 5.93. The molecule has 0 N–H and O–H groups in total. The Hall–Kier alpha value is -1.08. The van der Waals surface area contributed by atoms with Crippen LogP contribution in [0.5, 0.6) is 0 Å². The summed E-state index contributed by atoms with van der Waals surface area (Å²) < 4.78 is 1.22. The molecule has 0 unspecified atom stereocenters. The normalized spacial score (nSPS) is 15.5. The van der Waals surface area contributed by atoms with Gasteiger partial charge >= 0.3 is 0 Å². The summed E-state index contributed by atoms with van der Waals surface area (Å²) in [5.74, 6) is 0. The van der Waals surface area contributed by atoms with E-state index in [4.69, 9.17) is 0 Å². The van der Waals surface area contributed by atoms with E-state index in [2.05, 4.69) is 73.1 Å². The first-order chi connectivity index (χ1) is 8.03. The van der Waals surface area contributed by atoms with Crippen LogP contribution in [0.1, 0.15) is 30.5 Å². The molecule has 0 atom stereocenters. The highest BCUT2D eigenvalue weighted by atomic mass is 79.9. The molecule has 0 amide bonds. The van der Waals surface area contributed by atoms with Gasteiger partial charge in [-0.2, -0.15) is 0 Å². The second-order valence-corrected chi connectivity index (χ2v) is 6.14. The molecular formula is C16H15Br. The van der Waals surface area contributed by atoms with Gasteiger partial charge in [-0.3, -0.25) is 0 Å². The number of fused-ring (bicyclic) bond motifs is 3. The molecule has 17 heavy (non-hydrogen) atoms. The third-order valence-electron chi connectivity index (χ3n) is 3.86. The fourth-order valence-electron chi connectivity index (χ4n) is 3.02. The van der Waals surface area contributed by atoms with Crippen LogP contribution in [0.3, 0.4) is 0 Å². The van der Waals surface area contributed by atoms with E-state index in [0.717, 1.165) is 0 Å². The lowest BCUT2D eigenvalue weighted by atomic mass is 9.82. The molecule has 0 saturated carbocycles. The van der Waals surface area contributed by atoms with Crippen molar-refractivity contribution in [3.8, 4) is 11.1 Å². The highest BCUT2D eigenvalue weighted by molar-refractivity contribution is 9.10. The number of aryl methyl sites for hydroxylation is 1. The van der Waals surface area contributed by atoms with Crippen molar-refractivity contribution in [3.05, 3.63) is 57.6 Å². The van der Waals surface area contributed by atoms with Crippen molar-refractivity contribution in [2.75, 3.05) is 0 Å². The van der Waals surface area contributed by atoms with Gasteiger partial charge in [0.05, 0.1) is 0 Å². The summed E-state index contributed by atoms with van der Waals surface area (Å²) in [5.41, 5.74) is 7.13. The first-order valence-corrected chi connectivity index (χ1v) is 6.72. The van der Waals surface area contributed by atoms with Gasteiger partial charge in [-0.25, -0.2) is 0 Å². The van der Waals surface area contributed by atoms with E-state index in [0.29, 0.717) is 0 Å². The Morgan fingerprint density at radius 2 is 1.71 bits per heavy atom. The average Bonchev–Trinajstić information content (AvgIpc) is 2.55. The third-order valence-corrected chi connectivity index (χ3v) is 4.52. The van der Waals surface area contributed by atoms with Gasteiger partial charge in [0.25, 0.3) is 0 Å². The van der Waals surface area contributed by atoms with E-state index in [1.54, 1.807) is 0 Å². The maximum absolute atomic E-state index is 3.72. The van der Waals surface area contributed by atoms with Gasteiger partial charge in [-0.1, -0.05) is 60.1 Å². The molecule has 0 radical (unpaired) electrons. The average molecular weight is 287 g/mol. The summed E-state index contributed by atoms with van der Waals surface area (Å²) in [6.07, 6.45) is 0. The second kappa shape index (κ2) is 3.46. The number of benzene rings is 2. The van der Waals surface area contributed by atoms with Crippen LogP contribution in [-0.2, 0) is 5.41 Å². The van der Waals surface area contributed by atoms with Crippen LogP contribution in [0.25, 0.3) is 11.1 Å². The molecule has 1 aliphatic rings. The molecule has 0 bridgehead atoms. The summed E-state index contributed by atoms with van der Waals surface area (Å²) >= 11 is 3.72. The minimum Gasteiger partial charge on any atom is -0.0619 e. The minimum absolute atomic E-state index is 0.0940. The summed E-state index contributed by atoms with van der Waals surface area (Å²) in [6.45, 7) is 6.81. The summed E-state index contributed by atoms with van der Waals surface area (Å²) in [5, 5.41) is 0. The van der Waals surface area contributed by atoms with E-state index >= 15 is 0 Å². The molecule has 0 fully saturated rings. The van der Waals surface area contributed by atoms with Gasteiger partial charge in [0, 0.05) is 9.89 Å². The lowest BCUT2D eigenvalue weighted by molar-refractivity contribution is 0.657. The summed E-state index contributed by atoms with van der Waals surface area (Å²) in [6, 6.07) is 13.1. The van der Waals surface area contributed by atoms with E-state index in [1.165, 1.54) is 32.3 Å². The molecule has 0 nitrogen and oxygen atoms in total. The quantitative estimate of drug-likeness (QED) is 0.635. The van der Waals surface area contributed by atoms with Crippen molar-refractivity contribution in [1.29, 1.82) is 0 Å². The molecule has 0 saturated heterocycles. The van der Waals surface area contributed by atoms with Crippen molar-refractivity contribution >= 4 is 15.9 Å². The van der Waals surface area contributed by atoms with E-state index < -0.39 is 0 Å². The summed E-state index contributed by atoms with van der Waals surface area (Å²) in [7, 11) is 0. The van der Waals surface area contributed by atoms with E-state index in [1.807, 2.05) is 0 Å². The second-order valence-electron chi connectivity index (χ2n) is 5.28. The van der Waals surface area contributed by atoms with Gasteiger partial charge in [-0.15, -0.1) is 0 Å². The molecular weight excluding hydrogens is 272 g/mol. The van der Waals surface area contributed by atoms with E-state index in [-0.39, 0.29) is 5.41 Å². The van der Waals surface area contributed by atoms with Gasteiger partial charge in [0.15, 0.2) is 0 Å². The van der Waals surface area contributed by atoms with Gasteiger partial charge in [0.1, 0.15) is 0 Å². The predicted molar refractivity (Wildman–Crippen MR) is 76.4 cm³/mol. The van der Waals surface area contributed by atoms with Crippen LogP contribution >= 0.6 is 15.9 Å². The fraction of sp³-hybridized carbons (Fsp3) is 0.250. The maximum Gasteiger partial charge on any atom is 0.0222 e. The molecule has 2 aromatic carbocycles. The predicted octanol–water partition coefficient (Wildman–Crippen LogP) is 5.06. The van der Waals surface area contributed by atoms with Gasteiger partial charge < -0.3 is 0 Å². The zero-order chi connectivity index (χ0) is 12.2. The van der Waals surface area contributed by atoms with Gasteiger partial charge in [0.2, 0.25) is 0 Å². The zero-order valence-corrected chi connectivity index (χ0v) is 11.9. The standard InChI is InChI=1S/C16H15Br/c1-10-8-9-13(17)15-14(10)11-6-4-5-7-12(11)16(15,2)3/h4-9H,1-3H3. The Balaban J connectivity index is 2.48. The van der Waals surface area contributed by atoms with Crippen LogP contribution in [0.4, 0.5) is 0 Å². The molecule has 1 heteroatoms. The Morgan fingerprint density at radius 3 is 2.47 bits per heavy atom. The van der Waals surface area contributed by atoms with Crippen LogP contribution in [-0.4, -0.2) is 0 Å². The monoisotopic (exact) mass is 286 g/mol. The molecule has 0 aliphatic heterocycles. The molecule has 3 rings (SSSR count). The maximum atomic E-state index is 3.72. The Bertz CT molecular complexity index is 609. The van der Waals surface area contributed by atoms with Crippen molar-refractivity contribution < 1.29 is 0 Å². The van der Waals surface area contributed by atoms with Crippen LogP contribution in [0.2, 0.25) is 0 Å². The molecule has 86 valence electrons. The van der Waals surface area contributed by atoms with Crippen molar-refractivity contribution in [3.63, 3.8) is 0 Å². The highest BCUT2D eigenvalue weighted by Gasteiger charge is 2.37. The number of hydrogen-bond donors (Lipinski definition) is 0. The van der Waals surface area contributed by atoms with E-state index in [9.17, 15) is 0 Å². The third kappa shape index (κ3) is 1.35. The smallest absolute Gasteiger partial charge is 0.0222 e. The largest absolute Gasteiger partial charge is 0.0619 e. The van der Waals surface area contributed by atoms with Crippen molar-refractivity contribution in [1.82, 2.24) is 0 Å². The Morgan fingerprint density at radius 1 is 1.00 bits per heavy atom. The number of hydrogen-bond acceptors (Lipinski definition) is 0. The number of halogens is 1. The van der Waals surface area contributed by atoms with Crippen LogP contribution in [0, 0.1) is 6.92 Å². The lowest BCUT2D eigenvalue weighted by Crippen LogP contribution is -2.15. The topological polar surface area (TPSA) is 0 Å². The Labute approximate surface area is 111 Å². The number of rotatable bonds is 0. The van der Waals surface area contributed by atoms with Gasteiger partial charge in [-0.05, 0) is 40.8 Å². The zero-order valence-electron chi connectivity index (χ0n) is 10.3. The fourth-order valence-corrected chi connectivity index (χ4v) is 3.85. The van der Waals surface area contributed by atoms with Crippen LogP contribution in [0.15, 0.2) is 40.9 Å². The SMILES string of the molecule is Cc1ccc(Br)c2c1-c1ccccc1C2(C)C. The summed E-state index contributed by atoms with van der Waals surface area (Å²) in [4.78, 5) is 0. The Kier molecular flexibility index (Phi) is 2.24. The highest BCUT2D eigenvalue weighted by Crippen LogP contribution is 2.52. The molecule has 0 heterocycles. The first kappa shape index (κ1) is 11.0. The minimum atomic E-state index is 0.0940. The molecule has 0 aromatic heterocycles. The lowest BCUT2D eigenvalue weighted by Gasteiger charge is -2.22. The van der Waals surface area contributed by atoms with Crippen molar-refractivity contribution in [2.24, 2.45) is 0 Å². The molecule has 1 aliphatic carbocycles. The molecule has 0 spiro atoms.